The number of rotatable bonds is 6. The van der Waals surface area contributed by atoms with Crippen LogP contribution < -0.4 is 5.32 Å². The van der Waals surface area contributed by atoms with Gasteiger partial charge in [0.2, 0.25) is 11.8 Å². The lowest BCUT2D eigenvalue weighted by Gasteiger charge is -2.16. The monoisotopic (exact) mass is 374 g/mol. The van der Waals surface area contributed by atoms with Gasteiger partial charge >= 0.3 is 0 Å². The molecule has 28 heavy (non-hydrogen) atoms. The Morgan fingerprint density at radius 2 is 1.75 bits per heavy atom. The summed E-state index contributed by atoms with van der Waals surface area (Å²) >= 11 is 0. The molecule has 1 saturated heterocycles. The van der Waals surface area contributed by atoms with Crippen LogP contribution in [0.5, 0.6) is 0 Å². The Morgan fingerprint density at radius 3 is 2.50 bits per heavy atom. The highest BCUT2D eigenvalue weighted by Crippen LogP contribution is 2.20. The van der Waals surface area contributed by atoms with E-state index in [0.717, 1.165) is 16.8 Å². The Morgan fingerprint density at radius 1 is 1.04 bits per heavy atom. The number of hydrogen-bond donors (Lipinski definition) is 1. The van der Waals surface area contributed by atoms with Crippen LogP contribution >= 0.6 is 0 Å². The lowest BCUT2D eigenvalue weighted by Crippen LogP contribution is -2.32. The van der Waals surface area contributed by atoms with E-state index in [1.165, 1.54) is 0 Å². The van der Waals surface area contributed by atoms with Crippen molar-refractivity contribution in [1.29, 1.82) is 0 Å². The molecule has 1 aromatic heterocycles. The third-order valence-corrected chi connectivity index (χ3v) is 4.93. The van der Waals surface area contributed by atoms with Gasteiger partial charge in [0.25, 0.3) is 0 Å². The van der Waals surface area contributed by atoms with Crippen molar-refractivity contribution in [2.24, 2.45) is 5.92 Å². The van der Waals surface area contributed by atoms with E-state index < -0.39 is 0 Å². The molecule has 6 heteroatoms. The van der Waals surface area contributed by atoms with E-state index in [2.05, 4.69) is 10.4 Å². The van der Waals surface area contributed by atoms with E-state index in [0.29, 0.717) is 19.6 Å². The molecule has 1 aliphatic rings. The highest BCUT2D eigenvalue weighted by molar-refractivity contribution is 5.89. The maximum atomic E-state index is 12.5. The first kappa shape index (κ1) is 18.0. The van der Waals surface area contributed by atoms with Crippen molar-refractivity contribution in [3.63, 3.8) is 0 Å². The zero-order chi connectivity index (χ0) is 19.3. The summed E-state index contributed by atoms with van der Waals surface area (Å²) in [5.74, 6) is -0.363. The number of amides is 2. The molecule has 4 rings (SSSR count). The summed E-state index contributed by atoms with van der Waals surface area (Å²) in [7, 11) is 0. The van der Waals surface area contributed by atoms with Gasteiger partial charge in [-0.05, 0) is 17.7 Å². The molecule has 1 N–H and O–H groups in total. The van der Waals surface area contributed by atoms with Gasteiger partial charge in [0.15, 0.2) is 0 Å². The molecule has 1 atom stereocenters. The van der Waals surface area contributed by atoms with E-state index in [-0.39, 0.29) is 24.2 Å². The van der Waals surface area contributed by atoms with Crippen LogP contribution in [-0.4, -0.2) is 33.0 Å². The molecule has 0 radical (unpaired) electrons. The van der Waals surface area contributed by atoms with Crippen LogP contribution in [0.15, 0.2) is 73.1 Å². The highest BCUT2D eigenvalue weighted by atomic mass is 16.2. The molecule has 0 saturated carbocycles. The number of benzene rings is 2. The predicted octanol–water partition coefficient (Wildman–Crippen LogP) is 2.54. The molecule has 0 bridgehead atoms. The molecule has 2 amide bonds. The number of carbonyl (C=O) groups excluding carboxylic acids is 2. The Kier molecular flexibility index (Phi) is 5.19. The number of likely N-dealkylation sites (tertiary alicyclic amines) is 1. The van der Waals surface area contributed by atoms with Gasteiger partial charge in [-0.25, -0.2) is 4.68 Å². The Hall–Kier alpha value is -3.41. The van der Waals surface area contributed by atoms with Crippen molar-refractivity contribution in [3.8, 4) is 5.69 Å². The number of nitrogens with zero attached hydrogens (tertiary/aromatic N) is 3. The van der Waals surface area contributed by atoms with E-state index in [4.69, 9.17) is 0 Å². The first-order valence-corrected chi connectivity index (χ1v) is 9.37. The summed E-state index contributed by atoms with van der Waals surface area (Å²) in [5.41, 5.74) is 2.96. The fourth-order valence-electron chi connectivity index (χ4n) is 3.41. The van der Waals surface area contributed by atoms with Gasteiger partial charge in [-0.1, -0.05) is 48.5 Å². The lowest BCUT2D eigenvalue weighted by molar-refractivity contribution is -0.129. The largest absolute Gasteiger partial charge is 0.352 e. The van der Waals surface area contributed by atoms with E-state index in [1.807, 2.05) is 66.9 Å². The molecule has 3 aromatic rings. The zero-order valence-electron chi connectivity index (χ0n) is 15.5. The normalized spacial score (nSPS) is 16.4. The number of hydrogen-bond acceptors (Lipinski definition) is 3. The van der Waals surface area contributed by atoms with Crippen LogP contribution in [0.2, 0.25) is 0 Å². The van der Waals surface area contributed by atoms with Crippen molar-refractivity contribution < 1.29 is 9.59 Å². The first-order valence-electron chi connectivity index (χ1n) is 9.37. The van der Waals surface area contributed by atoms with E-state index in [1.54, 1.807) is 15.8 Å². The molecule has 0 spiro atoms. The average molecular weight is 374 g/mol. The van der Waals surface area contributed by atoms with Crippen LogP contribution in [-0.2, 0) is 22.7 Å². The van der Waals surface area contributed by atoms with Crippen molar-refractivity contribution in [2.45, 2.75) is 19.5 Å². The van der Waals surface area contributed by atoms with Gasteiger partial charge in [-0.2, -0.15) is 5.10 Å². The van der Waals surface area contributed by atoms with Crippen molar-refractivity contribution in [2.75, 3.05) is 6.54 Å². The van der Waals surface area contributed by atoms with Crippen LogP contribution in [0.4, 0.5) is 0 Å². The quantitative estimate of drug-likeness (QED) is 0.721. The number of para-hydroxylation sites is 1. The second-order valence-corrected chi connectivity index (χ2v) is 7.01. The smallest absolute Gasteiger partial charge is 0.225 e. The summed E-state index contributed by atoms with van der Waals surface area (Å²) in [5, 5.41) is 7.28. The van der Waals surface area contributed by atoms with Crippen molar-refractivity contribution in [1.82, 2.24) is 20.0 Å². The molecule has 0 unspecified atom stereocenters. The Balaban J connectivity index is 1.31. The highest BCUT2D eigenvalue weighted by Gasteiger charge is 2.34. The van der Waals surface area contributed by atoms with Crippen LogP contribution in [0, 0.1) is 5.92 Å². The van der Waals surface area contributed by atoms with Crippen molar-refractivity contribution >= 4 is 11.8 Å². The van der Waals surface area contributed by atoms with E-state index >= 15 is 0 Å². The maximum Gasteiger partial charge on any atom is 0.225 e. The predicted molar refractivity (Wildman–Crippen MR) is 105 cm³/mol. The molecule has 1 fully saturated rings. The molecule has 1 aliphatic heterocycles. The third kappa shape index (κ3) is 4.11. The molecule has 6 nitrogen and oxygen atoms in total. The second kappa shape index (κ2) is 8.08. The topological polar surface area (TPSA) is 67.2 Å². The van der Waals surface area contributed by atoms with Crippen LogP contribution in [0.3, 0.4) is 0 Å². The van der Waals surface area contributed by atoms with Gasteiger partial charge in [-0.15, -0.1) is 0 Å². The second-order valence-electron chi connectivity index (χ2n) is 7.01. The summed E-state index contributed by atoms with van der Waals surface area (Å²) < 4.78 is 1.78. The molecule has 2 heterocycles. The van der Waals surface area contributed by atoms with Crippen molar-refractivity contribution in [3.05, 3.63) is 84.2 Å². The summed E-state index contributed by atoms with van der Waals surface area (Å²) in [6.07, 6.45) is 3.91. The molecular formula is C22H22N4O2. The van der Waals surface area contributed by atoms with Crippen LogP contribution in [0.25, 0.3) is 5.69 Å². The van der Waals surface area contributed by atoms with Gasteiger partial charge in [0, 0.05) is 37.8 Å². The average Bonchev–Trinajstić information content (AvgIpc) is 3.35. The summed E-state index contributed by atoms with van der Waals surface area (Å²) in [6, 6.07) is 19.7. The fraction of sp³-hybridized carbons (Fsp3) is 0.227. The van der Waals surface area contributed by atoms with E-state index in [9.17, 15) is 9.59 Å². The van der Waals surface area contributed by atoms with Gasteiger partial charge in [0.1, 0.15) is 0 Å². The Bertz CT molecular complexity index is 953. The number of carbonyl (C=O) groups is 2. The minimum Gasteiger partial charge on any atom is -0.352 e. The van der Waals surface area contributed by atoms with Crippen LogP contribution in [0.1, 0.15) is 17.5 Å². The number of aromatic nitrogens is 2. The standard InChI is InChI=1S/C22H22N4O2/c27-21-11-19(16-25(21)14-17-7-3-1-4-8-17)22(28)23-12-18-13-24-26(15-18)20-9-5-2-6-10-20/h1-10,13,15,19H,11-12,14,16H2,(H,23,28)/t19-/m1/s1. The summed E-state index contributed by atoms with van der Waals surface area (Å²) in [6.45, 7) is 1.41. The fourth-order valence-corrected chi connectivity index (χ4v) is 3.41. The first-order chi connectivity index (χ1) is 13.7. The zero-order valence-corrected chi connectivity index (χ0v) is 15.5. The number of nitrogens with one attached hydrogen (secondary N) is 1. The van der Waals surface area contributed by atoms with Gasteiger partial charge in [0.05, 0.1) is 17.8 Å². The molecular weight excluding hydrogens is 352 g/mol. The van der Waals surface area contributed by atoms with Gasteiger partial charge < -0.3 is 10.2 Å². The molecule has 142 valence electrons. The summed E-state index contributed by atoms with van der Waals surface area (Å²) in [4.78, 5) is 26.5. The Labute approximate surface area is 163 Å². The minimum atomic E-state index is -0.305. The minimum absolute atomic E-state index is 0.0286. The maximum absolute atomic E-state index is 12.5. The third-order valence-electron chi connectivity index (χ3n) is 4.93. The lowest BCUT2D eigenvalue weighted by atomic mass is 10.1. The SMILES string of the molecule is O=C(NCc1cnn(-c2ccccc2)c1)[C@@H]1CC(=O)N(Cc2ccccc2)C1. The molecule has 2 aromatic carbocycles. The van der Waals surface area contributed by atoms with Gasteiger partial charge in [-0.3, -0.25) is 9.59 Å². The molecule has 0 aliphatic carbocycles.